The first-order chi connectivity index (χ1) is 11.7. The summed E-state index contributed by atoms with van der Waals surface area (Å²) in [5.41, 5.74) is 3.20. The number of nitrogens with one attached hydrogen (secondary N) is 1. The van der Waals surface area contributed by atoms with Gasteiger partial charge in [0.2, 0.25) is 0 Å². The molecule has 0 fully saturated rings. The summed E-state index contributed by atoms with van der Waals surface area (Å²) in [5.74, 6) is 0.709. The van der Waals surface area contributed by atoms with Crippen LogP contribution in [-0.2, 0) is 25.9 Å². The molecule has 0 bridgehead atoms. The number of benzene rings is 1. The van der Waals surface area contributed by atoms with Gasteiger partial charge in [0.15, 0.2) is 0 Å². The Hall–Kier alpha value is -1.98. The third-order valence-electron chi connectivity index (χ3n) is 4.70. The van der Waals surface area contributed by atoms with Gasteiger partial charge < -0.3 is 10.1 Å². The van der Waals surface area contributed by atoms with Crippen molar-refractivity contribution in [3.8, 4) is 0 Å². The van der Waals surface area contributed by atoms with E-state index in [1.54, 1.807) is 11.3 Å². The number of aliphatic hydroxyl groups is 1. The van der Waals surface area contributed by atoms with E-state index in [2.05, 4.69) is 4.98 Å². The van der Waals surface area contributed by atoms with Crippen molar-refractivity contribution >= 4 is 21.6 Å². The van der Waals surface area contributed by atoms with Gasteiger partial charge in [-0.05, 0) is 42.4 Å². The normalized spacial score (nSPS) is 14.5. The minimum absolute atomic E-state index is 0.00128. The molecule has 0 spiro atoms. The fourth-order valence-electron chi connectivity index (χ4n) is 3.42. The molecule has 0 unspecified atom stereocenters. The van der Waals surface area contributed by atoms with Crippen LogP contribution in [0.1, 0.15) is 46.7 Å². The van der Waals surface area contributed by atoms with Gasteiger partial charge in [-0.15, -0.1) is 11.3 Å². The van der Waals surface area contributed by atoms with Gasteiger partial charge in [-0.2, -0.15) is 0 Å². The number of hydrogen-bond acceptors (Lipinski definition) is 4. The largest absolute Gasteiger partial charge is 0.392 e. The van der Waals surface area contributed by atoms with Crippen LogP contribution in [0.5, 0.6) is 0 Å². The number of aromatic nitrogens is 2. The third-order valence-corrected chi connectivity index (χ3v) is 5.89. The second-order valence-corrected chi connectivity index (χ2v) is 7.49. The number of hydrogen-bond donors (Lipinski definition) is 2. The molecule has 5 heteroatoms. The first-order valence-corrected chi connectivity index (χ1v) is 9.28. The minimum atomic E-state index is 0.00128. The van der Waals surface area contributed by atoms with Crippen molar-refractivity contribution in [1.29, 1.82) is 0 Å². The zero-order chi connectivity index (χ0) is 16.5. The van der Waals surface area contributed by atoms with E-state index in [-0.39, 0.29) is 12.2 Å². The molecule has 0 saturated carbocycles. The van der Waals surface area contributed by atoms with E-state index in [0.29, 0.717) is 12.2 Å². The van der Waals surface area contributed by atoms with Gasteiger partial charge in [-0.1, -0.05) is 30.7 Å². The highest BCUT2D eigenvalue weighted by molar-refractivity contribution is 7.18. The van der Waals surface area contributed by atoms with E-state index in [1.165, 1.54) is 23.3 Å². The van der Waals surface area contributed by atoms with Crippen LogP contribution < -0.4 is 5.56 Å². The molecule has 124 valence electrons. The summed E-state index contributed by atoms with van der Waals surface area (Å²) in [5, 5.41) is 9.93. The molecule has 0 saturated heterocycles. The van der Waals surface area contributed by atoms with Crippen molar-refractivity contribution in [2.75, 3.05) is 0 Å². The van der Waals surface area contributed by atoms with E-state index in [4.69, 9.17) is 10.1 Å². The van der Waals surface area contributed by atoms with Crippen molar-refractivity contribution in [1.82, 2.24) is 9.97 Å². The maximum Gasteiger partial charge on any atom is 0.259 e. The maximum atomic E-state index is 12.6. The lowest BCUT2D eigenvalue weighted by molar-refractivity contribution is 0.282. The summed E-state index contributed by atoms with van der Waals surface area (Å²) >= 11 is 1.69. The number of aliphatic hydroxyl groups excluding tert-OH is 1. The molecule has 0 amide bonds. The van der Waals surface area contributed by atoms with Crippen LogP contribution in [0.3, 0.4) is 0 Å². The van der Waals surface area contributed by atoms with Gasteiger partial charge in [-0.3, -0.25) is 4.79 Å². The molecule has 0 atom stereocenters. The van der Waals surface area contributed by atoms with Crippen molar-refractivity contribution in [3.05, 3.63) is 62.0 Å². The first-order valence-electron chi connectivity index (χ1n) is 8.46. The second-order valence-electron chi connectivity index (χ2n) is 6.41. The zero-order valence-electron chi connectivity index (χ0n) is 13.5. The third kappa shape index (κ3) is 2.89. The van der Waals surface area contributed by atoms with Gasteiger partial charge in [0, 0.05) is 11.3 Å². The molecule has 4 nitrogen and oxygen atoms in total. The molecule has 0 radical (unpaired) electrons. The molecular weight excluding hydrogens is 320 g/mol. The Bertz CT molecular complexity index is 925. The number of aryl methyl sites for hydroxylation is 2. The smallest absolute Gasteiger partial charge is 0.259 e. The quantitative estimate of drug-likeness (QED) is 0.719. The maximum absolute atomic E-state index is 12.6. The molecule has 1 aliphatic carbocycles. The zero-order valence-corrected chi connectivity index (χ0v) is 14.3. The van der Waals surface area contributed by atoms with Crippen molar-refractivity contribution in [3.63, 3.8) is 0 Å². The lowest BCUT2D eigenvalue weighted by Gasteiger charge is -2.03. The number of rotatable bonds is 3. The molecule has 2 aromatic heterocycles. The number of nitrogens with zero attached hydrogens (tertiary/aromatic N) is 1. The Balaban J connectivity index is 1.71. The molecule has 1 aromatic carbocycles. The summed E-state index contributed by atoms with van der Waals surface area (Å²) in [7, 11) is 0. The van der Waals surface area contributed by atoms with Crippen molar-refractivity contribution < 1.29 is 5.11 Å². The Labute approximate surface area is 144 Å². The number of H-pyrrole nitrogens is 1. The Kier molecular flexibility index (Phi) is 4.21. The van der Waals surface area contributed by atoms with E-state index >= 15 is 0 Å². The molecule has 2 N–H and O–H groups in total. The SMILES string of the molecule is O=c1[nH]c(Cc2ccc(CO)cc2)nc2sc3c(c12)CCCCC3. The summed E-state index contributed by atoms with van der Waals surface area (Å²) in [4.78, 5) is 22.5. The summed E-state index contributed by atoms with van der Waals surface area (Å²) in [6.45, 7) is 0.0437. The van der Waals surface area contributed by atoms with Crippen LogP contribution in [0.4, 0.5) is 0 Å². The van der Waals surface area contributed by atoms with Gasteiger partial charge in [0.05, 0.1) is 12.0 Å². The van der Waals surface area contributed by atoms with Gasteiger partial charge >= 0.3 is 0 Å². The highest BCUT2D eigenvalue weighted by Gasteiger charge is 2.18. The van der Waals surface area contributed by atoms with Gasteiger partial charge in [-0.25, -0.2) is 4.98 Å². The van der Waals surface area contributed by atoms with Crippen molar-refractivity contribution in [2.24, 2.45) is 0 Å². The molecule has 1 aliphatic rings. The van der Waals surface area contributed by atoms with E-state index < -0.39 is 0 Å². The lowest BCUT2D eigenvalue weighted by atomic mass is 10.1. The molecule has 0 aliphatic heterocycles. The molecule has 2 heterocycles. The minimum Gasteiger partial charge on any atom is -0.392 e. The average molecular weight is 340 g/mol. The average Bonchev–Trinajstić information content (AvgIpc) is 2.78. The topological polar surface area (TPSA) is 66.0 Å². The molecular formula is C19H20N2O2S. The highest BCUT2D eigenvalue weighted by atomic mass is 32.1. The Morgan fingerprint density at radius 2 is 1.83 bits per heavy atom. The van der Waals surface area contributed by atoms with Gasteiger partial charge in [0.1, 0.15) is 10.7 Å². The standard InChI is InChI=1S/C19H20N2O2S/c22-11-13-8-6-12(7-9-13)10-16-20-18(23)17-14-4-2-1-3-5-15(14)24-19(17)21-16/h6-9,22H,1-5,10-11H2,(H,20,21,23). The van der Waals surface area contributed by atoms with E-state index in [1.807, 2.05) is 24.3 Å². The fraction of sp³-hybridized carbons (Fsp3) is 0.368. The number of thiophene rings is 1. The lowest BCUT2D eigenvalue weighted by Crippen LogP contribution is -2.12. The van der Waals surface area contributed by atoms with Crippen LogP contribution in [0.25, 0.3) is 10.2 Å². The van der Waals surface area contributed by atoms with E-state index in [0.717, 1.165) is 40.6 Å². The summed E-state index contributed by atoms with van der Waals surface area (Å²) in [6, 6.07) is 7.75. The summed E-state index contributed by atoms with van der Waals surface area (Å²) < 4.78 is 0. The number of fused-ring (bicyclic) bond motifs is 3. The van der Waals surface area contributed by atoms with Crippen LogP contribution >= 0.6 is 11.3 Å². The van der Waals surface area contributed by atoms with Crippen LogP contribution in [0.15, 0.2) is 29.1 Å². The van der Waals surface area contributed by atoms with Crippen molar-refractivity contribution in [2.45, 2.75) is 45.1 Å². The summed E-state index contributed by atoms with van der Waals surface area (Å²) in [6.07, 6.45) is 6.30. The molecule has 3 aromatic rings. The predicted octanol–water partition coefficient (Wildman–Crippen LogP) is 3.34. The van der Waals surface area contributed by atoms with Gasteiger partial charge in [0.25, 0.3) is 5.56 Å². The van der Waals surface area contributed by atoms with Crippen LogP contribution in [0, 0.1) is 0 Å². The Morgan fingerprint density at radius 3 is 2.62 bits per heavy atom. The second kappa shape index (κ2) is 6.49. The Morgan fingerprint density at radius 1 is 1.08 bits per heavy atom. The first kappa shape index (κ1) is 15.5. The molecule has 24 heavy (non-hydrogen) atoms. The highest BCUT2D eigenvalue weighted by Crippen LogP contribution is 2.32. The predicted molar refractivity (Wildman–Crippen MR) is 96.7 cm³/mol. The monoisotopic (exact) mass is 340 g/mol. The van der Waals surface area contributed by atoms with E-state index in [9.17, 15) is 4.79 Å². The number of aromatic amines is 1. The van der Waals surface area contributed by atoms with Crippen LogP contribution in [0.2, 0.25) is 0 Å². The fourth-order valence-corrected chi connectivity index (χ4v) is 4.71. The van der Waals surface area contributed by atoms with Crippen LogP contribution in [-0.4, -0.2) is 15.1 Å². The molecule has 4 rings (SSSR count).